The van der Waals surface area contributed by atoms with Gasteiger partial charge in [-0.2, -0.15) is 18.3 Å². The fourth-order valence-corrected chi connectivity index (χ4v) is 3.68. The summed E-state index contributed by atoms with van der Waals surface area (Å²) in [6, 6.07) is 0.968. The van der Waals surface area contributed by atoms with Crippen LogP contribution in [0, 0.1) is 13.8 Å². The Kier molecular flexibility index (Phi) is 5.96. The van der Waals surface area contributed by atoms with Crippen molar-refractivity contribution in [2.75, 3.05) is 13.1 Å². The fourth-order valence-electron chi connectivity index (χ4n) is 3.68. The molecule has 4 nitrogen and oxygen atoms in total. The molecular formula is C17H29F3N4. The third kappa shape index (κ3) is 4.72. The van der Waals surface area contributed by atoms with Crippen LogP contribution in [-0.2, 0) is 6.54 Å². The van der Waals surface area contributed by atoms with E-state index in [0.29, 0.717) is 23.5 Å². The molecule has 138 valence electrons. The van der Waals surface area contributed by atoms with Gasteiger partial charge in [-0.25, -0.2) is 0 Å². The van der Waals surface area contributed by atoms with Gasteiger partial charge in [-0.1, -0.05) is 0 Å². The monoisotopic (exact) mass is 346 g/mol. The summed E-state index contributed by atoms with van der Waals surface area (Å²) in [5.74, 6) is 0. The van der Waals surface area contributed by atoms with Crippen molar-refractivity contribution in [1.82, 2.24) is 20.0 Å². The van der Waals surface area contributed by atoms with E-state index < -0.39 is 12.7 Å². The van der Waals surface area contributed by atoms with Crippen molar-refractivity contribution in [2.45, 2.75) is 78.3 Å². The summed E-state index contributed by atoms with van der Waals surface area (Å²) in [6.45, 7) is 11.0. The van der Waals surface area contributed by atoms with E-state index in [9.17, 15) is 13.2 Å². The SMILES string of the molecule is Cc1nn(CC(F)(F)F)c(C)c1[C@@H](C)NC1CCN(C(C)C)CC1. The van der Waals surface area contributed by atoms with Gasteiger partial charge in [-0.15, -0.1) is 0 Å². The predicted molar refractivity (Wildman–Crippen MR) is 89.0 cm³/mol. The molecule has 1 saturated heterocycles. The lowest BCUT2D eigenvalue weighted by Gasteiger charge is -2.36. The van der Waals surface area contributed by atoms with Gasteiger partial charge in [-0.3, -0.25) is 4.68 Å². The zero-order valence-corrected chi connectivity index (χ0v) is 15.2. The quantitative estimate of drug-likeness (QED) is 0.885. The molecule has 0 spiro atoms. The van der Waals surface area contributed by atoms with Crippen LogP contribution in [0.1, 0.15) is 56.6 Å². The summed E-state index contributed by atoms with van der Waals surface area (Å²) in [6.07, 6.45) is -2.12. The van der Waals surface area contributed by atoms with E-state index in [2.05, 4.69) is 29.2 Å². The summed E-state index contributed by atoms with van der Waals surface area (Å²) >= 11 is 0. The van der Waals surface area contributed by atoms with Crippen LogP contribution < -0.4 is 5.32 Å². The molecule has 1 fully saturated rings. The number of aromatic nitrogens is 2. The minimum absolute atomic E-state index is 0.00239. The molecule has 0 aliphatic carbocycles. The third-order valence-corrected chi connectivity index (χ3v) is 4.95. The Balaban J connectivity index is 2.01. The highest BCUT2D eigenvalue weighted by molar-refractivity contribution is 5.28. The average molecular weight is 346 g/mol. The van der Waals surface area contributed by atoms with Gasteiger partial charge in [0.05, 0.1) is 5.69 Å². The van der Waals surface area contributed by atoms with Crippen molar-refractivity contribution in [2.24, 2.45) is 0 Å². The van der Waals surface area contributed by atoms with E-state index in [4.69, 9.17) is 0 Å². The van der Waals surface area contributed by atoms with Crippen LogP contribution in [-0.4, -0.2) is 46.0 Å². The lowest BCUT2D eigenvalue weighted by atomic mass is 10.00. The molecule has 1 aromatic heterocycles. The molecule has 1 atom stereocenters. The summed E-state index contributed by atoms with van der Waals surface area (Å²) in [5.41, 5.74) is 2.17. The maximum atomic E-state index is 12.7. The van der Waals surface area contributed by atoms with Gasteiger partial charge in [0.2, 0.25) is 0 Å². The minimum atomic E-state index is -4.25. The van der Waals surface area contributed by atoms with Crippen LogP contribution in [0.3, 0.4) is 0 Å². The second-order valence-electron chi connectivity index (χ2n) is 7.15. The number of halogens is 3. The van der Waals surface area contributed by atoms with Gasteiger partial charge >= 0.3 is 6.18 Å². The van der Waals surface area contributed by atoms with Gasteiger partial charge < -0.3 is 10.2 Å². The molecule has 2 heterocycles. The maximum Gasteiger partial charge on any atom is 0.408 e. The van der Waals surface area contributed by atoms with Crippen LogP contribution in [0.15, 0.2) is 0 Å². The van der Waals surface area contributed by atoms with E-state index in [1.807, 2.05) is 6.92 Å². The first-order valence-corrected chi connectivity index (χ1v) is 8.69. The molecule has 0 saturated carbocycles. The Hall–Kier alpha value is -1.08. The molecule has 1 aliphatic rings. The zero-order chi connectivity index (χ0) is 18.1. The first kappa shape index (κ1) is 19.2. The fraction of sp³-hybridized carbons (Fsp3) is 0.824. The highest BCUT2D eigenvalue weighted by Gasteiger charge is 2.31. The Bertz CT molecular complexity index is 543. The third-order valence-electron chi connectivity index (χ3n) is 4.95. The summed E-state index contributed by atoms with van der Waals surface area (Å²) in [4.78, 5) is 2.46. The highest BCUT2D eigenvalue weighted by atomic mass is 19.4. The Morgan fingerprint density at radius 1 is 1.17 bits per heavy atom. The van der Waals surface area contributed by atoms with Crippen LogP contribution in [0.25, 0.3) is 0 Å². The van der Waals surface area contributed by atoms with Crippen LogP contribution in [0.2, 0.25) is 0 Å². The van der Waals surface area contributed by atoms with E-state index in [1.165, 1.54) is 0 Å². The number of alkyl halides is 3. The standard InChI is InChI=1S/C17H29F3N4/c1-11(2)23-8-6-15(7-9-23)21-12(3)16-13(4)22-24(14(16)5)10-17(18,19)20/h11-12,15,21H,6-10H2,1-5H3/t12-/m1/s1. The first-order chi connectivity index (χ1) is 11.1. The largest absolute Gasteiger partial charge is 0.408 e. The smallest absolute Gasteiger partial charge is 0.307 e. The Morgan fingerprint density at radius 3 is 2.25 bits per heavy atom. The van der Waals surface area contributed by atoms with Gasteiger partial charge in [0.25, 0.3) is 0 Å². The van der Waals surface area contributed by atoms with Crippen molar-refractivity contribution in [3.8, 4) is 0 Å². The second kappa shape index (κ2) is 7.44. The molecule has 1 N–H and O–H groups in total. The van der Waals surface area contributed by atoms with Crippen LogP contribution in [0.5, 0.6) is 0 Å². The molecule has 1 aromatic rings. The van der Waals surface area contributed by atoms with Crippen LogP contribution in [0.4, 0.5) is 13.2 Å². The van der Waals surface area contributed by atoms with Gasteiger partial charge in [-0.05, 0) is 60.5 Å². The maximum absolute atomic E-state index is 12.7. The van der Waals surface area contributed by atoms with Crippen molar-refractivity contribution in [3.05, 3.63) is 17.0 Å². The highest BCUT2D eigenvalue weighted by Crippen LogP contribution is 2.26. The molecule has 0 amide bonds. The average Bonchev–Trinajstić information content (AvgIpc) is 2.71. The molecule has 0 unspecified atom stereocenters. The van der Waals surface area contributed by atoms with E-state index in [1.54, 1.807) is 13.8 Å². The van der Waals surface area contributed by atoms with E-state index >= 15 is 0 Å². The van der Waals surface area contributed by atoms with E-state index in [0.717, 1.165) is 36.2 Å². The minimum Gasteiger partial charge on any atom is -0.307 e. The Morgan fingerprint density at radius 2 is 1.75 bits per heavy atom. The molecule has 0 aromatic carbocycles. The number of hydrogen-bond donors (Lipinski definition) is 1. The molecule has 0 bridgehead atoms. The second-order valence-corrected chi connectivity index (χ2v) is 7.15. The number of nitrogens with zero attached hydrogens (tertiary/aromatic N) is 3. The molecule has 1 aliphatic heterocycles. The molecule has 2 rings (SSSR count). The predicted octanol–water partition coefficient (Wildman–Crippen LogP) is 3.59. The topological polar surface area (TPSA) is 33.1 Å². The van der Waals surface area contributed by atoms with Crippen molar-refractivity contribution in [1.29, 1.82) is 0 Å². The van der Waals surface area contributed by atoms with Gasteiger partial charge in [0.1, 0.15) is 6.54 Å². The van der Waals surface area contributed by atoms with Crippen molar-refractivity contribution < 1.29 is 13.2 Å². The van der Waals surface area contributed by atoms with E-state index in [-0.39, 0.29) is 6.04 Å². The normalized spacial score (nSPS) is 19.2. The van der Waals surface area contributed by atoms with Crippen molar-refractivity contribution in [3.63, 3.8) is 0 Å². The number of likely N-dealkylation sites (tertiary alicyclic amines) is 1. The summed E-state index contributed by atoms with van der Waals surface area (Å²) in [7, 11) is 0. The number of rotatable bonds is 5. The summed E-state index contributed by atoms with van der Waals surface area (Å²) < 4.78 is 39.0. The van der Waals surface area contributed by atoms with Crippen LogP contribution >= 0.6 is 0 Å². The number of hydrogen-bond acceptors (Lipinski definition) is 3. The number of aryl methyl sites for hydroxylation is 1. The lowest BCUT2D eigenvalue weighted by molar-refractivity contribution is -0.143. The molecule has 0 radical (unpaired) electrons. The summed E-state index contributed by atoms with van der Waals surface area (Å²) in [5, 5.41) is 7.68. The first-order valence-electron chi connectivity index (χ1n) is 8.69. The Labute approximate surface area is 142 Å². The molecule has 7 heteroatoms. The number of nitrogens with one attached hydrogen (secondary N) is 1. The van der Waals surface area contributed by atoms with Gasteiger partial charge in [0.15, 0.2) is 0 Å². The van der Waals surface area contributed by atoms with Crippen molar-refractivity contribution >= 4 is 0 Å². The molecular weight excluding hydrogens is 317 g/mol. The molecule has 24 heavy (non-hydrogen) atoms. The number of piperidine rings is 1. The lowest BCUT2D eigenvalue weighted by Crippen LogP contribution is -2.45. The zero-order valence-electron chi connectivity index (χ0n) is 15.2. The van der Waals surface area contributed by atoms with Gasteiger partial charge in [0, 0.05) is 29.4 Å².